The van der Waals surface area contributed by atoms with E-state index in [1.807, 2.05) is 0 Å². The maximum Gasteiger partial charge on any atom is 0.442 e. The smallest absolute Gasteiger partial charge is 0.360 e. The van der Waals surface area contributed by atoms with Gasteiger partial charge < -0.3 is 4.98 Å². The van der Waals surface area contributed by atoms with Crippen LogP contribution in [0.2, 0.25) is 0 Å². The fraction of sp³-hybridized carbons (Fsp3) is 0.182. The summed E-state index contributed by atoms with van der Waals surface area (Å²) in [5.41, 5.74) is -1.62. The van der Waals surface area contributed by atoms with Crippen molar-refractivity contribution in [3.63, 3.8) is 0 Å². The number of aromatic nitrogens is 1. The van der Waals surface area contributed by atoms with Gasteiger partial charge in [-0.2, -0.15) is 13.2 Å². The molecule has 0 saturated carbocycles. The quantitative estimate of drug-likeness (QED) is 0.821. The van der Waals surface area contributed by atoms with Gasteiger partial charge in [0.05, 0.1) is 0 Å². The van der Waals surface area contributed by atoms with E-state index in [0.717, 1.165) is 0 Å². The van der Waals surface area contributed by atoms with Gasteiger partial charge in [0, 0.05) is 28.2 Å². The number of carbonyl (C=O) groups is 1. The second-order valence-electron chi connectivity index (χ2n) is 3.99. The first-order valence-corrected chi connectivity index (χ1v) is 5.05. The third kappa shape index (κ3) is 1.30. The number of fused-ring (bicyclic) bond motifs is 1. The summed E-state index contributed by atoms with van der Waals surface area (Å²) < 4.78 is 38.4. The van der Waals surface area contributed by atoms with Crippen LogP contribution in [-0.2, 0) is 5.66 Å². The second kappa shape index (κ2) is 3.18. The maximum atomic E-state index is 12.8. The average molecular weight is 253 g/mol. The summed E-state index contributed by atoms with van der Waals surface area (Å²) in [6.07, 6.45) is -2.45. The zero-order chi connectivity index (χ0) is 13.0. The molecule has 1 aliphatic rings. The Morgan fingerprint density at radius 1 is 1.28 bits per heavy atom. The fourth-order valence-corrected chi connectivity index (χ4v) is 1.91. The summed E-state index contributed by atoms with van der Waals surface area (Å²) in [6.45, 7) is 0. The highest BCUT2D eigenvalue weighted by molar-refractivity contribution is 5.97. The van der Waals surface area contributed by atoms with Gasteiger partial charge in [-0.25, -0.2) is 0 Å². The highest BCUT2D eigenvalue weighted by Crippen LogP contribution is 2.52. The number of aldehydes is 1. The van der Waals surface area contributed by atoms with E-state index < -0.39 is 11.8 Å². The van der Waals surface area contributed by atoms with E-state index in [1.54, 1.807) is 0 Å². The normalized spacial score (nSPS) is 17.1. The lowest BCUT2D eigenvalue weighted by molar-refractivity contribution is -0.166. The van der Waals surface area contributed by atoms with Gasteiger partial charge in [-0.05, 0) is 6.07 Å². The van der Waals surface area contributed by atoms with Gasteiger partial charge in [0.2, 0.25) is 0 Å². The van der Waals surface area contributed by atoms with Crippen molar-refractivity contribution in [1.29, 1.82) is 0 Å². The van der Waals surface area contributed by atoms with Crippen molar-refractivity contribution in [2.45, 2.75) is 11.8 Å². The molecule has 92 valence electrons. The molecule has 2 aromatic rings. The molecule has 7 heteroatoms. The van der Waals surface area contributed by atoms with Crippen LogP contribution in [0.5, 0.6) is 0 Å². The van der Waals surface area contributed by atoms with E-state index in [9.17, 15) is 18.0 Å². The average Bonchev–Trinajstić information content (AvgIpc) is 3.04. The Balaban J connectivity index is 2.13. The molecule has 0 atom stereocenters. The molecular formula is C11H6F3N3O. The number of aromatic amines is 1. The van der Waals surface area contributed by atoms with Gasteiger partial charge in [-0.1, -0.05) is 12.1 Å². The second-order valence-corrected chi connectivity index (χ2v) is 3.99. The van der Waals surface area contributed by atoms with Crippen LogP contribution < -0.4 is 0 Å². The minimum atomic E-state index is -4.54. The lowest BCUT2D eigenvalue weighted by Gasteiger charge is -2.14. The SMILES string of the molecule is O=Cc1c[nH]c2cc(C3(C(F)(F)F)N=N3)ccc12. The van der Waals surface area contributed by atoms with Crippen LogP contribution in [0, 0.1) is 0 Å². The molecule has 4 nitrogen and oxygen atoms in total. The number of halogens is 3. The van der Waals surface area contributed by atoms with Crippen molar-refractivity contribution in [2.75, 3.05) is 0 Å². The molecule has 3 rings (SSSR count). The summed E-state index contributed by atoms with van der Waals surface area (Å²) in [4.78, 5) is 13.4. The third-order valence-corrected chi connectivity index (χ3v) is 2.94. The molecule has 0 fully saturated rings. The standard InChI is InChI=1S/C11H6F3N3O/c12-11(13,14)10(16-17-10)7-1-2-8-6(5-18)4-15-9(8)3-7/h1-5,15H. The topological polar surface area (TPSA) is 57.6 Å². The minimum absolute atomic E-state index is 0.0539. The Hall–Kier alpha value is -2.18. The van der Waals surface area contributed by atoms with E-state index in [0.29, 0.717) is 22.8 Å². The first-order valence-electron chi connectivity index (χ1n) is 5.05. The Morgan fingerprint density at radius 3 is 2.56 bits per heavy atom. The van der Waals surface area contributed by atoms with Gasteiger partial charge in [-0.15, -0.1) is 10.2 Å². The molecule has 18 heavy (non-hydrogen) atoms. The third-order valence-electron chi connectivity index (χ3n) is 2.94. The number of hydrogen-bond donors (Lipinski definition) is 1. The molecule has 0 saturated heterocycles. The predicted octanol–water partition coefficient (Wildman–Crippen LogP) is 3.16. The number of alkyl halides is 3. The molecule has 1 aromatic carbocycles. The molecule has 1 N–H and O–H groups in total. The van der Waals surface area contributed by atoms with Gasteiger partial charge in [-0.3, -0.25) is 4.79 Å². The Kier molecular flexibility index (Phi) is 1.93. The first-order chi connectivity index (χ1) is 8.48. The van der Waals surface area contributed by atoms with Crippen LogP contribution in [0.3, 0.4) is 0 Å². The van der Waals surface area contributed by atoms with Crippen LogP contribution in [0.4, 0.5) is 13.2 Å². The van der Waals surface area contributed by atoms with Crippen molar-refractivity contribution in [3.8, 4) is 0 Å². The van der Waals surface area contributed by atoms with Gasteiger partial charge in [0.15, 0.2) is 6.29 Å². The summed E-state index contributed by atoms with van der Waals surface area (Å²) in [5, 5.41) is 6.83. The zero-order valence-corrected chi connectivity index (χ0v) is 8.82. The molecule has 0 aliphatic carbocycles. The van der Waals surface area contributed by atoms with E-state index in [4.69, 9.17) is 0 Å². The van der Waals surface area contributed by atoms with E-state index in [2.05, 4.69) is 15.2 Å². The Bertz CT molecular complexity index is 666. The van der Waals surface area contributed by atoms with E-state index in [1.165, 1.54) is 24.4 Å². The molecule has 1 aliphatic heterocycles. The lowest BCUT2D eigenvalue weighted by Crippen LogP contribution is -2.30. The maximum absolute atomic E-state index is 12.8. The molecule has 0 amide bonds. The monoisotopic (exact) mass is 253 g/mol. The van der Waals surface area contributed by atoms with Crippen LogP contribution in [0.15, 0.2) is 34.6 Å². The molecule has 0 unspecified atom stereocenters. The van der Waals surface area contributed by atoms with Crippen LogP contribution in [0.25, 0.3) is 10.9 Å². The van der Waals surface area contributed by atoms with Crippen molar-refractivity contribution in [3.05, 3.63) is 35.5 Å². The van der Waals surface area contributed by atoms with Crippen LogP contribution in [-0.4, -0.2) is 17.4 Å². The van der Waals surface area contributed by atoms with Crippen LogP contribution in [0.1, 0.15) is 15.9 Å². The van der Waals surface area contributed by atoms with Gasteiger partial charge >= 0.3 is 11.8 Å². The molecule has 1 aromatic heterocycles. The number of nitrogens with zero attached hydrogens (tertiary/aromatic N) is 2. The number of H-pyrrole nitrogens is 1. The predicted molar refractivity (Wildman–Crippen MR) is 56.3 cm³/mol. The zero-order valence-electron chi connectivity index (χ0n) is 8.82. The number of benzene rings is 1. The van der Waals surface area contributed by atoms with Crippen molar-refractivity contribution >= 4 is 17.2 Å². The number of rotatable bonds is 2. The summed E-state index contributed by atoms with van der Waals surface area (Å²) in [7, 11) is 0. The minimum Gasteiger partial charge on any atom is -0.360 e. The van der Waals surface area contributed by atoms with Crippen LogP contribution >= 0.6 is 0 Å². The highest BCUT2D eigenvalue weighted by Gasteiger charge is 2.65. The summed E-state index contributed by atoms with van der Waals surface area (Å²) >= 11 is 0. The largest absolute Gasteiger partial charge is 0.442 e. The number of carbonyl (C=O) groups excluding carboxylic acids is 1. The van der Waals surface area contributed by atoms with Gasteiger partial charge in [0.1, 0.15) is 0 Å². The molecule has 0 radical (unpaired) electrons. The number of nitrogens with one attached hydrogen (secondary N) is 1. The van der Waals surface area contributed by atoms with Crippen molar-refractivity contribution in [2.24, 2.45) is 10.2 Å². The van der Waals surface area contributed by atoms with Crippen molar-refractivity contribution in [1.82, 2.24) is 4.98 Å². The molecular weight excluding hydrogens is 247 g/mol. The lowest BCUT2D eigenvalue weighted by atomic mass is 10.0. The Labute approximate surface area is 98.5 Å². The summed E-state index contributed by atoms with van der Waals surface area (Å²) in [6, 6.07) is 4.06. The fourth-order valence-electron chi connectivity index (χ4n) is 1.91. The molecule has 2 heterocycles. The van der Waals surface area contributed by atoms with Crippen molar-refractivity contribution < 1.29 is 18.0 Å². The highest BCUT2D eigenvalue weighted by atomic mass is 19.4. The Morgan fingerprint density at radius 2 is 2.00 bits per heavy atom. The van der Waals surface area contributed by atoms with E-state index >= 15 is 0 Å². The van der Waals surface area contributed by atoms with E-state index in [-0.39, 0.29) is 5.56 Å². The van der Waals surface area contributed by atoms with Gasteiger partial charge in [0.25, 0.3) is 0 Å². The molecule has 0 bridgehead atoms. The first kappa shape index (κ1) is 10.9. The molecule has 0 spiro atoms. The number of hydrogen-bond acceptors (Lipinski definition) is 3. The summed E-state index contributed by atoms with van der Waals surface area (Å²) in [5.74, 6) is 0.